The molecule has 0 aromatic carbocycles. The summed E-state index contributed by atoms with van der Waals surface area (Å²) in [5.41, 5.74) is -0.518. The first-order chi connectivity index (χ1) is 8.49. The number of nitriles is 1. The van der Waals surface area contributed by atoms with Crippen LogP contribution in [0.25, 0.3) is 0 Å². The Kier molecular flexibility index (Phi) is 7.30. The lowest BCUT2D eigenvalue weighted by molar-refractivity contribution is 0.136. The van der Waals surface area contributed by atoms with Crippen molar-refractivity contribution in [3.8, 4) is 6.07 Å². The van der Waals surface area contributed by atoms with Gasteiger partial charge in [0.1, 0.15) is 0 Å². The normalized spacial score (nSPS) is 14.0. The smallest absolute Gasteiger partial charge is 0.298 e. The monoisotopic (exact) mass is 345 g/mol. The average Bonchev–Trinajstić information content (AvgIpc) is 2.25. The molecule has 108 valence electrons. The van der Waals surface area contributed by atoms with E-state index < -0.39 is 14.6 Å². The number of alkyl halides is 3. The van der Waals surface area contributed by atoms with E-state index in [-0.39, 0.29) is 5.92 Å². The van der Waals surface area contributed by atoms with E-state index in [4.69, 9.17) is 40.1 Å². The second-order valence-corrected chi connectivity index (χ2v) is 8.59. The molecule has 0 N–H and O–H groups in total. The fourth-order valence-corrected chi connectivity index (χ4v) is 2.09. The molecule has 0 bridgehead atoms. The van der Waals surface area contributed by atoms with Crippen molar-refractivity contribution < 1.29 is 9.63 Å². The highest BCUT2D eigenvalue weighted by Crippen LogP contribution is 2.40. The molecule has 0 aliphatic heterocycles. The fourth-order valence-electron chi connectivity index (χ4n) is 0.735. The Morgan fingerprint density at radius 2 is 2.05 bits per heavy atom. The number of halogens is 3. The molecule has 0 rings (SSSR count). The number of amides is 1. The van der Waals surface area contributed by atoms with Crippen molar-refractivity contribution in [1.29, 1.82) is 5.26 Å². The molecule has 0 radical (unpaired) electrons. The molecule has 1 amide bonds. The van der Waals surface area contributed by atoms with Gasteiger partial charge < -0.3 is 0 Å². The zero-order valence-electron chi connectivity index (χ0n) is 10.9. The van der Waals surface area contributed by atoms with Gasteiger partial charge in [0.15, 0.2) is 0 Å². The molecule has 0 heterocycles. The lowest BCUT2D eigenvalue weighted by atomic mass is 9.82. The minimum Gasteiger partial charge on any atom is -0.298 e. The number of rotatable bonds is 4. The Hall–Kier alpha value is -0.350. The van der Waals surface area contributed by atoms with Gasteiger partial charge in [-0.15, -0.1) is 0 Å². The highest BCUT2D eigenvalue weighted by Gasteiger charge is 2.28. The number of hydrogen-bond donors (Lipinski definition) is 0. The van der Waals surface area contributed by atoms with Gasteiger partial charge in [0.2, 0.25) is 0 Å². The molecular formula is C10H14Cl3N3O2S. The zero-order valence-corrected chi connectivity index (χ0v) is 13.9. The highest BCUT2D eigenvalue weighted by molar-refractivity contribution is 8.03. The first kappa shape index (κ1) is 18.7. The predicted molar refractivity (Wildman–Crippen MR) is 79.2 cm³/mol. The van der Waals surface area contributed by atoms with Gasteiger partial charge in [0.25, 0.3) is 3.12 Å². The summed E-state index contributed by atoms with van der Waals surface area (Å²) in [6, 6.07) is 2.10. The van der Waals surface area contributed by atoms with Crippen molar-refractivity contribution >= 4 is 59.1 Å². The van der Waals surface area contributed by atoms with Crippen molar-refractivity contribution in [1.82, 2.24) is 4.31 Å². The second kappa shape index (κ2) is 7.44. The summed E-state index contributed by atoms with van der Waals surface area (Å²) in [6.45, 7) is 5.36. The summed E-state index contributed by atoms with van der Waals surface area (Å²) in [5.74, 6) is -0.275. The van der Waals surface area contributed by atoms with Crippen LogP contribution in [0, 0.1) is 22.7 Å². The lowest BCUT2D eigenvalue weighted by Crippen LogP contribution is -2.24. The molecule has 1 unspecified atom stereocenters. The third-order valence-corrected chi connectivity index (χ3v) is 3.57. The molecule has 0 aliphatic carbocycles. The van der Waals surface area contributed by atoms with Crippen LogP contribution in [-0.2, 0) is 4.84 Å². The average molecular weight is 347 g/mol. The zero-order chi connectivity index (χ0) is 15.3. The molecule has 5 nitrogen and oxygen atoms in total. The summed E-state index contributed by atoms with van der Waals surface area (Å²) in [7, 11) is 1.38. The minimum absolute atomic E-state index is 0.275. The molecule has 0 aliphatic rings. The third kappa shape index (κ3) is 7.73. The van der Waals surface area contributed by atoms with Crippen molar-refractivity contribution in [3.63, 3.8) is 0 Å². The Balaban J connectivity index is 4.42. The van der Waals surface area contributed by atoms with E-state index in [1.54, 1.807) is 20.8 Å². The first-order valence-corrected chi connectivity index (χ1v) is 7.05. The van der Waals surface area contributed by atoms with E-state index in [1.807, 2.05) is 0 Å². The maximum Gasteiger partial charge on any atom is 0.445 e. The van der Waals surface area contributed by atoms with Crippen LogP contribution in [0.5, 0.6) is 0 Å². The van der Waals surface area contributed by atoms with Crippen molar-refractivity contribution in [2.24, 2.45) is 16.5 Å². The summed E-state index contributed by atoms with van der Waals surface area (Å²) in [6.07, 6.45) is 0.611. The SMILES string of the molecule is CC(C#N)C(C)(C)/C=N/OC(=O)N(C)SC(Cl)(Cl)Cl. The van der Waals surface area contributed by atoms with E-state index in [0.29, 0.717) is 11.9 Å². The summed E-state index contributed by atoms with van der Waals surface area (Å²) in [4.78, 5) is 16.1. The number of hydrogen-bond acceptors (Lipinski definition) is 5. The fraction of sp³-hybridized carbons (Fsp3) is 0.700. The molecule has 0 fully saturated rings. The van der Waals surface area contributed by atoms with Crippen molar-refractivity contribution in [2.45, 2.75) is 23.9 Å². The van der Waals surface area contributed by atoms with Gasteiger partial charge in [-0.3, -0.25) is 4.84 Å². The largest absolute Gasteiger partial charge is 0.445 e. The number of oxime groups is 1. The molecule has 0 aromatic heterocycles. The molecule has 1 atom stereocenters. The van der Waals surface area contributed by atoms with Gasteiger partial charge in [-0.05, 0) is 6.92 Å². The Labute approximate surface area is 131 Å². The van der Waals surface area contributed by atoms with Crippen LogP contribution < -0.4 is 0 Å². The molecule has 19 heavy (non-hydrogen) atoms. The van der Waals surface area contributed by atoms with Gasteiger partial charge in [-0.2, -0.15) is 5.26 Å². The van der Waals surface area contributed by atoms with Gasteiger partial charge in [0.05, 0.1) is 18.2 Å². The number of carbonyl (C=O) groups is 1. The van der Waals surface area contributed by atoms with Gasteiger partial charge >= 0.3 is 6.09 Å². The van der Waals surface area contributed by atoms with Crippen LogP contribution in [-0.4, -0.2) is 26.8 Å². The van der Waals surface area contributed by atoms with E-state index in [1.165, 1.54) is 13.3 Å². The highest BCUT2D eigenvalue weighted by atomic mass is 35.6. The maximum absolute atomic E-state index is 11.5. The summed E-state index contributed by atoms with van der Waals surface area (Å²) >= 11 is 17.2. The standard InChI is InChI=1S/C10H14Cl3N3O2S/c1-7(5-14)9(2,3)6-15-18-8(17)16(4)19-10(11,12)13/h6-7H,1-4H3/b15-6+. The predicted octanol–water partition coefficient (Wildman–Crippen LogP) is 4.20. The van der Waals surface area contributed by atoms with E-state index in [9.17, 15) is 4.79 Å². The van der Waals surface area contributed by atoms with E-state index >= 15 is 0 Å². The van der Waals surface area contributed by atoms with E-state index in [2.05, 4.69) is 16.1 Å². The Bertz CT molecular complexity index is 390. The van der Waals surface area contributed by atoms with Gasteiger partial charge in [-0.25, -0.2) is 9.10 Å². The van der Waals surface area contributed by atoms with Crippen LogP contribution in [0.3, 0.4) is 0 Å². The summed E-state index contributed by atoms with van der Waals surface area (Å²) in [5, 5.41) is 12.4. The topological polar surface area (TPSA) is 65.7 Å². The molecule has 9 heteroatoms. The Morgan fingerprint density at radius 1 is 1.53 bits per heavy atom. The molecule has 0 spiro atoms. The molecule has 0 saturated carbocycles. The lowest BCUT2D eigenvalue weighted by Gasteiger charge is -2.21. The van der Waals surface area contributed by atoms with Gasteiger partial charge in [-0.1, -0.05) is 53.8 Å². The van der Waals surface area contributed by atoms with Crippen molar-refractivity contribution in [2.75, 3.05) is 7.05 Å². The summed E-state index contributed by atoms with van der Waals surface area (Å²) < 4.78 is -0.656. The van der Waals surface area contributed by atoms with E-state index in [0.717, 1.165) is 4.31 Å². The molecule has 0 saturated heterocycles. The minimum atomic E-state index is -1.66. The number of carbonyl (C=O) groups excluding carboxylic acids is 1. The quantitative estimate of drug-likeness (QED) is 0.251. The van der Waals surface area contributed by atoms with Crippen LogP contribution in [0.4, 0.5) is 4.79 Å². The maximum atomic E-state index is 11.5. The van der Waals surface area contributed by atoms with Crippen LogP contribution in [0.1, 0.15) is 20.8 Å². The first-order valence-electron chi connectivity index (χ1n) is 5.14. The molecule has 0 aromatic rings. The molecular weight excluding hydrogens is 333 g/mol. The Morgan fingerprint density at radius 3 is 2.47 bits per heavy atom. The van der Waals surface area contributed by atoms with Gasteiger partial charge in [0, 0.05) is 24.4 Å². The van der Waals surface area contributed by atoms with Crippen LogP contribution in [0.2, 0.25) is 0 Å². The van der Waals surface area contributed by atoms with Crippen LogP contribution >= 0.6 is 46.8 Å². The van der Waals surface area contributed by atoms with Crippen molar-refractivity contribution in [3.05, 3.63) is 0 Å². The number of nitrogens with zero attached hydrogens (tertiary/aromatic N) is 3. The van der Waals surface area contributed by atoms with Crippen LogP contribution in [0.15, 0.2) is 5.16 Å². The second-order valence-electron chi connectivity index (χ2n) is 4.30. The third-order valence-electron chi connectivity index (χ3n) is 2.32.